The number of para-hydroxylation sites is 1. The van der Waals surface area contributed by atoms with Crippen molar-refractivity contribution in [2.45, 2.75) is 18.4 Å². The molecule has 3 rings (SSSR count). The third-order valence-corrected chi connectivity index (χ3v) is 3.61. The highest BCUT2D eigenvalue weighted by atomic mass is 16.3. The van der Waals surface area contributed by atoms with E-state index in [2.05, 4.69) is 5.32 Å². The van der Waals surface area contributed by atoms with Gasteiger partial charge < -0.3 is 15.3 Å². The van der Waals surface area contributed by atoms with Crippen molar-refractivity contribution in [1.82, 2.24) is 4.90 Å². The molecule has 0 aliphatic carbocycles. The van der Waals surface area contributed by atoms with Crippen molar-refractivity contribution in [2.75, 3.05) is 25.0 Å². The zero-order valence-electron chi connectivity index (χ0n) is 9.60. The predicted molar refractivity (Wildman–Crippen MR) is 64.9 cm³/mol. The number of likely N-dealkylation sites (tertiary alicyclic amines) is 1. The number of aliphatic hydroxyl groups is 1. The summed E-state index contributed by atoms with van der Waals surface area (Å²) in [7, 11) is 0. The third-order valence-electron chi connectivity index (χ3n) is 3.61. The van der Waals surface area contributed by atoms with Crippen LogP contribution in [-0.2, 0) is 4.79 Å². The van der Waals surface area contributed by atoms with Gasteiger partial charge >= 0.3 is 0 Å². The number of nitrogens with zero attached hydrogens (tertiary/aromatic N) is 1. The second-order valence-electron chi connectivity index (χ2n) is 4.75. The molecule has 90 valence electrons. The number of hydrogen-bond donors (Lipinski definition) is 2. The van der Waals surface area contributed by atoms with Crippen molar-refractivity contribution in [3.05, 3.63) is 29.8 Å². The molecule has 2 N–H and O–H groups in total. The standard InChI is InChI=1S/C13H16N2O2/c16-9-5-6-15(8-9)13(17)11-7-14-12-4-2-1-3-10(11)12/h1-4,9,11,14,16H,5-8H2/t9-,11?/m1/s1. The summed E-state index contributed by atoms with van der Waals surface area (Å²) in [5.74, 6) is 0.0514. The van der Waals surface area contributed by atoms with Crippen LogP contribution in [0.1, 0.15) is 17.9 Å². The maximum absolute atomic E-state index is 12.3. The summed E-state index contributed by atoms with van der Waals surface area (Å²) >= 11 is 0. The van der Waals surface area contributed by atoms with Gasteiger partial charge in [-0.2, -0.15) is 0 Å². The lowest BCUT2D eigenvalue weighted by molar-refractivity contribution is -0.131. The largest absolute Gasteiger partial charge is 0.391 e. The molecule has 0 aromatic heterocycles. The van der Waals surface area contributed by atoms with E-state index in [1.807, 2.05) is 24.3 Å². The number of amides is 1. The summed E-state index contributed by atoms with van der Waals surface area (Å²) in [6, 6.07) is 7.94. The summed E-state index contributed by atoms with van der Waals surface area (Å²) in [4.78, 5) is 14.1. The summed E-state index contributed by atoms with van der Waals surface area (Å²) in [5, 5.41) is 12.7. The first-order valence-corrected chi connectivity index (χ1v) is 6.05. The summed E-state index contributed by atoms with van der Waals surface area (Å²) in [5.41, 5.74) is 2.14. The molecule has 1 fully saturated rings. The maximum Gasteiger partial charge on any atom is 0.232 e. The van der Waals surface area contributed by atoms with Crippen LogP contribution in [-0.4, -0.2) is 41.7 Å². The van der Waals surface area contributed by atoms with Crippen molar-refractivity contribution in [1.29, 1.82) is 0 Å². The van der Waals surface area contributed by atoms with Crippen LogP contribution in [0.15, 0.2) is 24.3 Å². The van der Waals surface area contributed by atoms with Crippen LogP contribution in [0.2, 0.25) is 0 Å². The highest BCUT2D eigenvalue weighted by Gasteiger charge is 2.34. The molecule has 1 amide bonds. The lowest BCUT2D eigenvalue weighted by atomic mass is 10.00. The minimum atomic E-state index is -0.344. The third kappa shape index (κ3) is 1.78. The maximum atomic E-state index is 12.3. The van der Waals surface area contributed by atoms with Crippen molar-refractivity contribution < 1.29 is 9.90 Å². The second-order valence-corrected chi connectivity index (χ2v) is 4.75. The number of fused-ring (bicyclic) bond motifs is 1. The Morgan fingerprint density at radius 3 is 3.00 bits per heavy atom. The number of nitrogens with one attached hydrogen (secondary N) is 1. The SMILES string of the molecule is O=C(C1CNc2ccccc21)N1CC[C@@H](O)C1. The van der Waals surface area contributed by atoms with Crippen molar-refractivity contribution in [3.63, 3.8) is 0 Å². The van der Waals surface area contributed by atoms with Crippen molar-refractivity contribution >= 4 is 11.6 Å². The highest BCUT2D eigenvalue weighted by molar-refractivity contribution is 5.88. The van der Waals surface area contributed by atoms with Crippen molar-refractivity contribution in [3.8, 4) is 0 Å². The molecule has 17 heavy (non-hydrogen) atoms. The summed E-state index contributed by atoms with van der Waals surface area (Å²) < 4.78 is 0. The van der Waals surface area contributed by atoms with E-state index in [1.54, 1.807) is 4.90 Å². The van der Waals surface area contributed by atoms with Gasteiger partial charge in [0.05, 0.1) is 12.0 Å². The topological polar surface area (TPSA) is 52.6 Å². The van der Waals surface area contributed by atoms with Crippen LogP contribution in [0.4, 0.5) is 5.69 Å². The van der Waals surface area contributed by atoms with Gasteiger partial charge in [0.2, 0.25) is 5.91 Å². The first-order chi connectivity index (χ1) is 8.25. The highest BCUT2D eigenvalue weighted by Crippen LogP contribution is 2.32. The second kappa shape index (κ2) is 4.04. The van der Waals surface area contributed by atoms with Gasteiger partial charge in [-0.1, -0.05) is 18.2 Å². The van der Waals surface area contributed by atoms with Crippen LogP contribution < -0.4 is 5.32 Å². The Bertz CT molecular complexity index is 447. The minimum absolute atomic E-state index is 0.0866. The molecule has 1 unspecified atom stereocenters. The zero-order valence-corrected chi connectivity index (χ0v) is 9.60. The molecular weight excluding hydrogens is 216 g/mol. The fourth-order valence-electron chi connectivity index (χ4n) is 2.67. The molecule has 0 bridgehead atoms. The van der Waals surface area contributed by atoms with Crippen molar-refractivity contribution in [2.24, 2.45) is 0 Å². The molecule has 1 aromatic rings. The van der Waals surface area contributed by atoms with E-state index in [1.165, 1.54) is 0 Å². The molecular formula is C13H16N2O2. The molecule has 2 atom stereocenters. The molecule has 4 nitrogen and oxygen atoms in total. The Hall–Kier alpha value is -1.55. The predicted octanol–water partition coefficient (Wildman–Crippen LogP) is 0.789. The Kier molecular flexibility index (Phi) is 2.52. The van der Waals surface area contributed by atoms with Gasteiger partial charge in [-0.05, 0) is 18.1 Å². The van der Waals surface area contributed by atoms with Gasteiger partial charge in [0.25, 0.3) is 0 Å². The van der Waals surface area contributed by atoms with Gasteiger partial charge in [-0.15, -0.1) is 0 Å². The normalized spacial score (nSPS) is 26.8. The molecule has 0 saturated carbocycles. The average molecular weight is 232 g/mol. The first-order valence-electron chi connectivity index (χ1n) is 6.05. The molecule has 1 aromatic carbocycles. The summed E-state index contributed by atoms with van der Waals surface area (Å²) in [6.07, 6.45) is 0.358. The summed E-state index contributed by atoms with van der Waals surface area (Å²) in [6.45, 7) is 1.83. The van der Waals surface area contributed by atoms with Crippen LogP contribution in [0.5, 0.6) is 0 Å². The fourth-order valence-corrected chi connectivity index (χ4v) is 2.67. The lowest BCUT2D eigenvalue weighted by Crippen LogP contribution is -2.34. The Morgan fingerprint density at radius 1 is 1.41 bits per heavy atom. The molecule has 4 heteroatoms. The van der Waals surface area contributed by atoms with Crippen LogP contribution in [0, 0.1) is 0 Å². The number of β-amino-alcohol motifs (C(OH)–C–C–N with tert-alkyl or cyclic N) is 1. The van der Waals surface area contributed by atoms with E-state index in [0.717, 1.165) is 11.3 Å². The van der Waals surface area contributed by atoms with Crippen LogP contribution >= 0.6 is 0 Å². The number of benzene rings is 1. The molecule has 2 aliphatic rings. The number of carbonyl (C=O) groups excluding carboxylic acids is 1. The van der Waals surface area contributed by atoms with Crippen LogP contribution in [0.25, 0.3) is 0 Å². The van der Waals surface area contributed by atoms with Gasteiger partial charge in [0.1, 0.15) is 0 Å². The zero-order chi connectivity index (χ0) is 11.8. The number of aliphatic hydroxyl groups excluding tert-OH is 1. The monoisotopic (exact) mass is 232 g/mol. The average Bonchev–Trinajstić information content (AvgIpc) is 2.94. The molecule has 0 radical (unpaired) electrons. The number of hydrogen-bond acceptors (Lipinski definition) is 3. The van der Waals surface area contributed by atoms with Gasteiger partial charge in [-0.25, -0.2) is 0 Å². The number of anilines is 1. The molecule has 2 aliphatic heterocycles. The van der Waals surface area contributed by atoms with E-state index < -0.39 is 0 Å². The van der Waals surface area contributed by atoms with Gasteiger partial charge in [-0.3, -0.25) is 4.79 Å². The van der Waals surface area contributed by atoms with E-state index >= 15 is 0 Å². The fraction of sp³-hybridized carbons (Fsp3) is 0.462. The lowest BCUT2D eigenvalue weighted by Gasteiger charge is -2.20. The Labute approximate surface area is 100 Å². The number of rotatable bonds is 1. The van der Waals surface area contributed by atoms with E-state index in [9.17, 15) is 9.90 Å². The first kappa shape index (κ1) is 10.6. The van der Waals surface area contributed by atoms with E-state index in [4.69, 9.17) is 0 Å². The quantitative estimate of drug-likeness (QED) is 0.752. The molecule has 2 heterocycles. The van der Waals surface area contributed by atoms with Gasteiger partial charge in [0.15, 0.2) is 0 Å². The van der Waals surface area contributed by atoms with Crippen LogP contribution in [0.3, 0.4) is 0 Å². The molecule has 0 spiro atoms. The Morgan fingerprint density at radius 2 is 2.24 bits per heavy atom. The Balaban J connectivity index is 1.80. The smallest absolute Gasteiger partial charge is 0.232 e. The minimum Gasteiger partial charge on any atom is -0.391 e. The van der Waals surface area contributed by atoms with E-state index in [-0.39, 0.29) is 17.9 Å². The molecule has 1 saturated heterocycles. The van der Waals surface area contributed by atoms with E-state index in [0.29, 0.717) is 26.1 Å². The van der Waals surface area contributed by atoms with Gasteiger partial charge in [0, 0.05) is 25.3 Å². The number of carbonyl (C=O) groups is 1.